The summed E-state index contributed by atoms with van der Waals surface area (Å²) in [5.41, 5.74) is 1.34. The van der Waals surface area contributed by atoms with Gasteiger partial charge in [0.15, 0.2) is 0 Å². The van der Waals surface area contributed by atoms with Crippen molar-refractivity contribution < 1.29 is 5.11 Å². The minimum atomic E-state index is 0.296. The van der Waals surface area contributed by atoms with Crippen molar-refractivity contribution in [3.05, 3.63) is 24.0 Å². The largest absolute Gasteiger partial charge is 0.396 e. The van der Waals surface area contributed by atoms with Crippen molar-refractivity contribution in [3.63, 3.8) is 0 Å². The molecule has 0 unspecified atom stereocenters. The van der Waals surface area contributed by atoms with Crippen LogP contribution in [0.1, 0.15) is 32.3 Å². The lowest BCUT2D eigenvalue weighted by Gasteiger charge is -2.05. The molecule has 92 valence electrons. The summed E-state index contributed by atoms with van der Waals surface area (Å²) in [4.78, 5) is 0. The van der Waals surface area contributed by atoms with Crippen LogP contribution in [-0.4, -0.2) is 22.8 Å². The predicted octanol–water partition coefficient (Wildman–Crippen LogP) is 2.01. The molecule has 0 amide bonds. The van der Waals surface area contributed by atoms with Crippen LogP contribution in [0.3, 0.4) is 0 Å². The van der Waals surface area contributed by atoms with E-state index < -0.39 is 0 Å². The first-order valence-corrected chi connectivity index (χ1v) is 6.18. The summed E-state index contributed by atoms with van der Waals surface area (Å²) in [5, 5.41) is 12.1. The Balaban J connectivity index is 2.22. The van der Waals surface area contributed by atoms with Crippen molar-refractivity contribution in [2.45, 2.75) is 39.8 Å². The smallest absolute Gasteiger partial charge is 0.0431 e. The molecule has 0 aromatic carbocycles. The van der Waals surface area contributed by atoms with Gasteiger partial charge in [0.25, 0.3) is 0 Å². The average molecular weight is 224 g/mol. The number of unbranched alkanes of at least 4 members (excludes halogenated alkanes) is 1. The minimum absolute atomic E-state index is 0.296. The van der Waals surface area contributed by atoms with Crippen LogP contribution >= 0.6 is 0 Å². The lowest BCUT2D eigenvalue weighted by Crippen LogP contribution is -2.18. The monoisotopic (exact) mass is 224 g/mol. The van der Waals surface area contributed by atoms with Crippen LogP contribution in [-0.2, 0) is 13.1 Å². The SMILES string of the molecule is CC(C)CNCc1ccn(CCCCO)c1. The molecule has 0 bridgehead atoms. The van der Waals surface area contributed by atoms with E-state index in [0.29, 0.717) is 12.5 Å². The number of aryl methyl sites for hydroxylation is 1. The Morgan fingerprint density at radius 3 is 2.88 bits per heavy atom. The molecule has 0 fully saturated rings. The molecule has 3 heteroatoms. The van der Waals surface area contributed by atoms with Crippen LogP contribution in [0.4, 0.5) is 0 Å². The Labute approximate surface area is 98.5 Å². The molecule has 0 atom stereocenters. The van der Waals surface area contributed by atoms with Crippen molar-refractivity contribution in [1.82, 2.24) is 9.88 Å². The molecule has 1 heterocycles. The van der Waals surface area contributed by atoms with Gasteiger partial charge in [0.05, 0.1) is 0 Å². The molecule has 1 aromatic rings. The molecule has 0 aliphatic carbocycles. The summed E-state index contributed by atoms with van der Waals surface area (Å²) in [5.74, 6) is 0.701. The molecule has 0 aliphatic heterocycles. The van der Waals surface area contributed by atoms with Gasteiger partial charge in [-0.1, -0.05) is 13.8 Å². The Morgan fingerprint density at radius 1 is 1.38 bits per heavy atom. The van der Waals surface area contributed by atoms with Gasteiger partial charge in [-0.05, 0) is 36.9 Å². The summed E-state index contributed by atoms with van der Waals surface area (Å²) >= 11 is 0. The molecule has 2 N–H and O–H groups in total. The van der Waals surface area contributed by atoms with Crippen molar-refractivity contribution in [2.75, 3.05) is 13.2 Å². The van der Waals surface area contributed by atoms with E-state index in [1.165, 1.54) is 5.56 Å². The van der Waals surface area contributed by atoms with E-state index in [9.17, 15) is 0 Å². The van der Waals surface area contributed by atoms with E-state index >= 15 is 0 Å². The molecule has 0 aliphatic rings. The topological polar surface area (TPSA) is 37.2 Å². The van der Waals surface area contributed by atoms with Gasteiger partial charge in [-0.3, -0.25) is 0 Å². The third kappa shape index (κ3) is 5.33. The zero-order valence-electron chi connectivity index (χ0n) is 10.4. The molecule has 0 saturated heterocycles. The van der Waals surface area contributed by atoms with E-state index in [2.05, 4.69) is 42.2 Å². The van der Waals surface area contributed by atoms with Crippen molar-refractivity contribution in [1.29, 1.82) is 0 Å². The second-order valence-corrected chi connectivity index (χ2v) is 4.71. The zero-order chi connectivity index (χ0) is 11.8. The lowest BCUT2D eigenvalue weighted by molar-refractivity contribution is 0.281. The number of nitrogens with zero attached hydrogens (tertiary/aromatic N) is 1. The van der Waals surface area contributed by atoms with E-state index in [1.54, 1.807) is 0 Å². The summed E-state index contributed by atoms with van der Waals surface area (Å²) in [6.45, 7) is 7.75. The van der Waals surface area contributed by atoms with Crippen LogP contribution in [0, 0.1) is 5.92 Å². The maximum Gasteiger partial charge on any atom is 0.0431 e. The Bertz CT molecular complexity index is 281. The second-order valence-electron chi connectivity index (χ2n) is 4.71. The van der Waals surface area contributed by atoms with Crippen LogP contribution in [0.25, 0.3) is 0 Å². The predicted molar refractivity (Wildman–Crippen MR) is 67.3 cm³/mol. The lowest BCUT2D eigenvalue weighted by atomic mass is 10.2. The number of rotatable bonds is 8. The summed E-state index contributed by atoms with van der Waals surface area (Å²) in [7, 11) is 0. The number of hydrogen-bond donors (Lipinski definition) is 2. The van der Waals surface area contributed by atoms with Crippen molar-refractivity contribution in [3.8, 4) is 0 Å². The average Bonchev–Trinajstić information content (AvgIpc) is 2.66. The van der Waals surface area contributed by atoms with E-state index in [1.807, 2.05) is 0 Å². The van der Waals surface area contributed by atoms with Crippen LogP contribution < -0.4 is 5.32 Å². The highest BCUT2D eigenvalue weighted by atomic mass is 16.2. The van der Waals surface area contributed by atoms with E-state index in [-0.39, 0.29) is 0 Å². The van der Waals surface area contributed by atoms with Gasteiger partial charge in [0.1, 0.15) is 0 Å². The Morgan fingerprint density at radius 2 is 2.19 bits per heavy atom. The van der Waals surface area contributed by atoms with Gasteiger partial charge in [-0.25, -0.2) is 0 Å². The van der Waals surface area contributed by atoms with Gasteiger partial charge in [-0.2, -0.15) is 0 Å². The Kier molecular flexibility index (Phi) is 6.19. The summed E-state index contributed by atoms with van der Waals surface area (Å²) in [6.07, 6.45) is 6.23. The first-order chi connectivity index (χ1) is 7.72. The fourth-order valence-corrected chi connectivity index (χ4v) is 1.65. The van der Waals surface area contributed by atoms with Gasteiger partial charge >= 0.3 is 0 Å². The van der Waals surface area contributed by atoms with Crippen molar-refractivity contribution >= 4 is 0 Å². The molecule has 1 aromatic heterocycles. The fourth-order valence-electron chi connectivity index (χ4n) is 1.65. The summed E-state index contributed by atoms with van der Waals surface area (Å²) < 4.78 is 2.20. The van der Waals surface area contributed by atoms with Gasteiger partial charge in [0, 0.05) is 32.1 Å². The fraction of sp³-hybridized carbons (Fsp3) is 0.692. The van der Waals surface area contributed by atoms with Crippen LogP contribution in [0.2, 0.25) is 0 Å². The molecule has 3 nitrogen and oxygen atoms in total. The highest BCUT2D eigenvalue weighted by molar-refractivity contribution is 5.09. The van der Waals surface area contributed by atoms with E-state index in [0.717, 1.165) is 32.5 Å². The standard InChI is InChI=1S/C13H24N2O/c1-12(2)9-14-10-13-5-7-15(11-13)6-3-4-8-16/h5,7,11-12,14,16H,3-4,6,8-10H2,1-2H3. The third-order valence-corrected chi connectivity index (χ3v) is 2.52. The zero-order valence-corrected chi connectivity index (χ0v) is 10.4. The molecule has 0 spiro atoms. The number of aliphatic hydroxyl groups is 1. The number of aromatic nitrogens is 1. The minimum Gasteiger partial charge on any atom is -0.396 e. The van der Waals surface area contributed by atoms with Crippen molar-refractivity contribution in [2.24, 2.45) is 5.92 Å². The van der Waals surface area contributed by atoms with Gasteiger partial charge < -0.3 is 15.0 Å². The van der Waals surface area contributed by atoms with Crippen LogP contribution in [0.15, 0.2) is 18.5 Å². The second kappa shape index (κ2) is 7.47. The third-order valence-electron chi connectivity index (χ3n) is 2.52. The number of nitrogens with one attached hydrogen (secondary N) is 1. The Hall–Kier alpha value is -0.800. The molecule has 0 radical (unpaired) electrons. The highest BCUT2D eigenvalue weighted by Crippen LogP contribution is 2.03. The molecule has 16 heavy (non-hydrogen) atoms. The summed E-state index contributed by atoms with van der Waals surface area (Å²) in [6, 6.07) is 2.16. The maximum absolute atomic E-state index is 8.70. The first-order valence-electron chi connectivity index (χ1n) is 6.18. The molecule has 0 saturated carbocycles. The quantitative estimate of drug-likeness (QED) is 0.663. The normalized spacial score (nSPS) is 11.2. The highest BCUT2D eigenvalue weighted by Gasteiger charge is 1.98. The molecular weight excluding hydrogens is 200 g/mol. The molecule has 1 rings (SSSR count). The van der Waals surface area contributed by atoms with Gasteiger partial charge in [-0.15, -0.1) is 0 Å². The van der Waals surface area contributed by atoms with Crippen LogP contribution in [0.5, 0.6) is 0 Å². The maximum atomic E-state index is 8.70. The first kappa shape index (κ1) is 13.3. The molecular formula is C13H24N2O. The number of hydrogen-bond acceptors (Lipinski definition) is 2. The number of aliphatic hydroxyl groups excluding tert-OH is 1. The van der Waals surface area contributed by atoms with E-state index in [4.69, 9.17) is 5.11 Å². The van der Waals surface area contributed by atoms with Gasteiger partial charge in [0.2, 0.25) is 0 Å².